The third kappa shape index (κ3) is 5.33. The molecule has 1 unspecified atom stereocenters. The second-order valence-corrected chi connectivity index (χ2v) is 9.19. The second-order valence-electron chi connectivity index (χ2n) is 6.92. The van der Waals surface area contributed by atoms with Gasteiger partial charge in [-0.1, -0.05) is 18.5 Å². The van der Waals surface area contributed by atoms with E-state index in [-0.39, 0.29) is 29.2 Å². The molecular formula is C19H27ClN2O6S. The van der Waals surface area contributed by atoms with Crippen LogP contribution in [0, 0.1) is 5.92 Å². The zero-order chi connectivity index (χ0) is 21.8. The molecule has 1 aliphatic heterocycles. The van der Waals surface area contributed by atoms with Crippen molar-refractivity contribution in [3.8, 4) is 5.75 Å². The summed E-state index contributed by atoms with van der Waals surface area (Å²) in [4.78, 5) is 26.5. The number of anilines is 1. The van der Waals surface area contributed by atoms with Crippen LogP contribution in [0.4, 0.5) is 5.69 Å². The Kier molecular flexibility index (Phi) is 7.76. The highest BCUT2D eigenvalue weighted by molar-refractivity contribution is 7.92. The molecule has 0 saturated carbocycles. The van der Waals surface area contributed by atoms with Gasteiger partial charge in [-0.25, -0.2) is 8.42 Å². The van der Waals surface area contributed by atoms with Crippen molar-refractivity contribution < 1.29 is 27.5 Å². The van der Waals surface area contributed by atoms with Crippen molar-refractivity contribution in [1.29, 1.82) is 0 Å². The molecule has 0 aliphatic carbocycles. The van der Waals surface area contributed by atoms with Gasteiger partial charge in [0.1, 0.15) is 11.8 Å². The van der Waals surface area contributed by atoms with E-state index >= 15 is 0 Å². The number of benzene rings is 1. The lowest BCUT2D eigenvalue weighted by Gasteiger charge is -2.37. The van der Waals surface area contributed by atoms with Crippen LogP contribution in [0.3, 0.4) is 0 Å². The molecule has 0 N–H and O–H groups in total. The SMILES string of the molecule is CCC(C(=O)N1CCC(C(=O)OC)CC1)N(c1ccc(OC)c(Cl)c1)S(C)(=O)=O. The van der Waals surface area contributed by atoms with Gasteiger partial charge in [0.15, 0.2) is 0 Å². The molecule has 8 nitrogen and oxygen atoms in total. The average Bonchev–Trinajstić information content (AvgIpc) is 2.70. The van der Waals surface area contributed by atoms with Gasteiger partial charge in [0, 0.05) is 13.1 Å². The predicted octanol–water partition coefficient (Wildman–Crippen LogP) is 2.30. The Labute approximate surface area is 176 Å². The number of hydrogen-bond donors (Lipinski definition) is 0. The van der Waals surface area contributed by atoms with Gasteiger partial charge in [0.25, 0.3) is 0 Å². The standard InChI is InChI=1S/C19H27ClN2O6S/c1-5-16(18(23)21-10-8-13(9-11-21)19(24)28-3)22(29(4,25)26)14-6-7-17(27-2)15(20)12-14/h6-7,12-13,16H,5,8-11H2,1-4H3. The van der Waals surface area contributed by atoms with Crippen LogP contribution >= 0.6 is 11.6 Å². The average molecular weight is 447 g/mol. The first-order valence-corrected chi connectivity index (χ1v) is 11.6. The number of halogens is 1. The molecule has 1 amide bonds. The maximum Gasteiger partial charge on any atom is 0.308 e. The maximum absolute atomic E-state index is 13.2. The number of carbonyl (C=O) groups is 2. The van der Waals surface area contributed by atoms with E-state index in [4.69, 9.17) is 21.1 Å². The molecule has 1 aromatic carbocycles. The van der Waals surface area contributed by atoms with Gasteiger partial charge in [0.05, 0.1) is 37.1 Å². The first-order valence-electron chi connectivity index (χ1n) is 9.33. The smallest absolute Gasteiger partial charge is 0.308 e. The van der Waals surface area contributed by atoms with E-state index < -0.39 is 16.1 Å². The molecule has 10 heteroatoms. The van der Waals surface area contributed by atoms with E-state index in [9.17, 15) is 18.0 Å². The van der Waals surface area contributed by atoms with Crippen molar-refractivity contribution in [3.05, 3.63) is 23.2 Å². The van der Waals surface area contributed by atoms with Crippen LogP contribution < -0.4 is 9.04 Å². The quantitative estimate of drug-likeness (QED) is 0.596. The molecule has 1 saturated heterocycles. The summed E-state index contributed by atoms with van der Waals surface area (Å²) in [5, 5.41) is 0.250. The Morgan fingerprint density at radius 1 is 1.28 bits per heavy atom. The number of piperidine rings is 1. The Morgan fingerprint density at radius 3 is 2.34 bits per heavy atom. The summed E-state index contributed by atoms with van der Waals surface area (Å²) >= 11 is 6.17. The van der Waals surface area contributed by atoms with Crippen LogP contribution in [0.5, 0.6) is 5.75 Å². The predicted molar refractivity (Wildman–Crippen MR) is 111 cm³/mol. The zero-order valence-electron chi connectivity index (χ0n) is 17.1. The minimum atomic E-state index is -3.77. The minimum absolute atomic E-state index is 0.240. The summed E-state index contributed by atoms with van der Waals surface area (Å²) in [6.07, 6.45) is 2.32. The molecule has 0 aromatic heterocycles. The monoisotopic (exact) mass is 446 g/mol. The van der Waals surface area contributed by atoms with Crippen LogP contribution in [0.25, 0.3) is 0 Å². The van der Waals surface area contributed by atoms with Gasteiger partial charge in [0.2, 0.25) is 15.9 Å². The van der Waals surface area contributed by atoms with Crippen LogP contribution in [0.15, 0.2) is 18.2 Å². The number of ether oxygens (including phenoxy) is 2. The van der Waals surface area contributed by atoms with E-state index in [1.54, 1.807) is 24.0 Å². The second kappa shape index (κ2) is 9.67. The highest BCUT2D eigenvalue weighted by atomic mass is 35.5. The number of rotatable bonds is 7. The van der Waals surface area contributed by atoms with Crippen molar-refractivity contribution in [1.82, 2.24) is 4.90 Å². The first kappa shape index (κ1) is 23.3. The highest BCUT2D eigenvalue weighted by Crippen LogP contribution is 2.32. The van der Waals surface area contributed by atoms with Crippen LogP contribution in [0.2, 0.25) is 5.02 Å². The topological polar surface area (TPSA) is 93.2 Å². The van der Waals surface area contributed by atoms with Crippen LogP contribution in [-0.4, -0.2) is 64.8 Å². The van der Waals surface area contributed by atoms with Gasteiger partial charge in [-0.3, -0.25) is 13.9 Å². The summed E-state index contributed by atoms with van der Waals surface area (Å²) < 4.78 is 36.2. The third-order valence-corrected chi connectivity index (χ3v) is 6.52. The molecule has 0 bridgehead atoms. The summed E-state index contributed by atoms with van der Waals surface area (Å²) in [5.41, 5.74) is 0.294. The van der Waals surface area contributed by atoms with E-state index in [0.29, 0.717) is 37.4 Å². The molecular weight excluding hydrogens is 420 g/mol. The van der Waals surface area contributed by atoms with Crippen LogP contribution in [-0.2, 0) is 24.3 Å². The zero-order valence-corrected chi connectivity index (χ0v) is 18.6. The maximum atomic E-state index is 13.2. The van der Waals surface area contributed by atoms with Crippen molar-refractivity contribution in [2.24, 2.45) is 5.92 Å². The number of amides is 1. The fraction of sp³-hybridized carbons (Fsp3) is 0.579. The van der Waals surface area contributed by atoms with Gasteiger partial charge in [-0.2, -0.15) is 0 Å². The van der Waals surface area contributed by atoms with Gasteiger partial charge >= 0.3 is 5.97 Å². The van der Waals surface area contributed by atoms with E-state index in [1.807, 2.05) is 0 Å². The molecule has 1 atom stereocenters. The lowest BCUT2D eigenvalue weighted by molar-refractivity contribution is -0.149. The van der Waals surface area contributed by atoms with Crippen molar-refractivity contribution in [2.45, 2.75) is 32.2 Å². The molecule has 0 spiro atoms. The fourth-order valence-corrected chi connectivity index (χ4v) is 5.00. The largest absolute Gasteiger partial charge is 0.495 e. The fourth-order valence-electron chi connectivity index (χ4n) is 3.55. The first-order chi connectivity index (χ1) is 13.6. The molecule has 162 valence electrons. The molecule has 1 heterocycles. The summed E-state index contributed by atoms with van der Waals surface area (Å²) in [6, 6.07) is 3.69. The number of methoxy groups -OCH3 is 2. The van der Waals surface area contributed by atoms with Gasteiger partial charge in [-0.05, 0) is 37.5 Å². The number of esters is 1. The number of carbonyl (C=O) groups excluding carboxylic acids is 2. The van der Waals surface area contributed by atoms with Crippen molar-refractivity contribution in [2.75, 3.05) is 37.9 Å². The van der Waals surface area contributed by atoms with E-state index in [0.717, 1.165) is 10.6 Å². The highest BCUT2D eigenvalue weighted by Gasteiger charge is 2.36. The molecule has 0 radical (unpaired) electrons. The van der Waals surface area contributed by atoms with Gasteiger partial charge in [-0.15, -0.1) is 0 Å². The Morgan fingerprint density at radius 2 is 1.90 bits per heavy atom. The van der Waals surface area contributed by atoms with Crippen LogP contribution in [0.1, 0.15) is 26.2 Å². The molecule has 29 heavy (non-hydrogen) atoms. The Hall–Kier alpha value is -2.00. The van der Waals surface area contributed by atoms with Gasteiger partial charge < -0.3 is 14.4 Å². The molecule has 1 fully saturated rings. The molecule has 1 aliphatic rings. The minimum Gasteiger partial charge on any atom is -0.495 e. The number of nitrogens with zero attached hydrogens (tertiary/aromatic N) is 2. The number of hydrogen-bond acceptors (Lipinski definition) is 6. The molecule has 2 rings (SSSR count). The number of sulfonamides is 1. The van der Waals surface area contributed by atoms with Crippen molar-refractivity contribution in [3.63, 3.8) is 0 Å². The third-order valence-electron chi connectivity index (χ3n) is 5.04. The Bertz CT molecular complexity index is 852. The lowest BCUT2D eigenvalue weighted by Crippen LogP contribution is -2.52. The summed E-state index contributed by atoms with van der Waals surface area (Å²) in [5.74, 6) is -0.411. The van der Waals surface area contributed by atoms with Crippen molar-refractivity contribution >= 4 is 39.2 Å². The Balaban J connectivity index is 2.29. The van der Waals surface area contributed by atoms with E-state index in [1.165, 1.54) is 20.3 Å². The molecule has 1 aromatic rings. The summed E-state index contributed by atoms with van der Waals surface area (Å²) in [7, 11) is -0.957. The summed E-state index contributed by atoms with van der Waals surface area (Å²) in [6.45, 7) is 2.50. The van der Waals surface area contributed by atoms with E-state index in [2.05, 4.69) is 0 Å². The normalized spacial score (nSPS) is 16.2. The lowest BCUT2D eigenvalue weighted by atomic mass is 9.96. The number of likely N-dealkylation sites (tertiary alicyclic amines) is 1.